The smallest absolute Gasteiger partial charge is 0.240 e. The first-order valence-electron chi connectivity index (χ1n) is 11.8. The molecule has 0 aromatic heterocycles. The number of hydrogen-bond donors (Lipinski definition) is 4. The van der Waals surface area contributed by atoms with E-state index in [1.165, 1.54) is 24.3 Å². The summed E-state index contributed by atoms with van der Waals surface area (Å²) in [7, 11) is -3.85. The van der Waals surface area contributed by atoms with Crippen molar-refractivity contribution in [2.45, 2.75) is 42.4 Å². The summed E-state index contributed by atoms with van der Waals surface area (Å²) in [5.74, 6) is -0.943. The molecule has 4 atom stereocenters. The number of benzene rings is 3. The molecule has 1 aliphatic carbocycles. The second kappa shape index (κ2) is 11.5. The highest BCUT2D eigenvalue weighted by Crippen LogP contribution is 2.32. The van der Waals surface area contributed by atoms with Crippen molar-refractivity contribution in [2.75, 3.05) is 6.54 Å². The highest BCUT2D eigenvalue weighted by molar-refractivity contribution is 7.89. The second-order valence-electron chi connectivity index (χ2n) is 9.04. The zero-order chi connectivity index (χ0) is 25.7. The molecule has 1 aliphatic rings. The van der Waals surface area contributed by atoms with Crippen LogP contribution in [-0.4, -0.2) is 43.3 Å². The molecular formula is C27H29ClN2O5S. The number of halogens is 1. The molecule has 0 fully saturated rings. The molecular weight excluding hydrogens is 500 g/mol. The zero-order valence-corrected chi connectivity index (χ0v) is 21.1. The molecule has 4 rings (SSSR count). The Bertz CT molecular complexity index is 1290. The van der Waals surface area contributed by atoms with Crippen LogP contribution >= 0.6 is 11.6 Å². The molecule has 7 nitrogen and oxygen atoms in total. The Morgan fingerprint density at radius 3 is 2.39 bits per heavy atom. The number of hydrogen-bond acceptors (Lipinski definition) is 5. The minimum absolute atomic E-state index is 0.0339. The lowest BCUT2D eigenvalue weighted by Gasteiger charge is -2.24. The van der Waals surface area contributed by atoms with Crippen LogP contribution in [0.15, 0.2) is 83.8 Å². The number of carbonyl (C=O) groups is 1. The van der Waals surface area contributed by atoms with Crippen molar-refractivity contribution >= 4 is 27.5 Å². The summed E-state index contributed by atoms with van der Waals surface area (Å²) in [6, 6.07) is 22.2. The monoisotopic (exact) mass is 528 g/mol. The molecule has 0 bridgehead atoms. The molecule has 9 heteroatoms. The normalized spacial score (nSPS) is 18.9. The van der Waals surface area contributed by atoms with Crippen molar-refractivity contribution in [3.8, 4) is 0 Å². The highest BCUT2D eigenvalue weighted by atomic mass is 35.5. The third-order valence-electron chi connectivity index (χ3n) is 6.39. The first-order valence-corrected chi connectivity index (χ1v) is 13.6. The SMILES string of the molecule is O=C(N[C@@H]1c2ccccc2C[C@H]1O)[C@H](Cc1ccccc1)C[C@H](O)CNS(=O)(=O)c1ccc(Cl)cc1. The van der Waals surface area contributed by atoms with E-state index in [2.05, 4.69) is 10.0 Å². The van der Waals surface area contributed by atoms with Crippen molar-refractivity contribution in [3.05, 3.63) is 101 Å². The molecule has 0 spiro atoms. The number of amides is 1. The summed E-state index contributed by atoms with van der Waals surface area (Å²) >= 11 is 5.83. The predicted octanol–water partition coefficient (Wildman–Crippen LogP) is 3.00. The van der Waals surface area contributed by atoms with Crippen LogP contribution in [0.3, 0.4) is 0 Å². The zero-order valence-electron chi connectivity index (χ0n) is 19.5. The standard InChI is InChI=1S/C27H29ClN2O5S/c28-21-10-12-23(13-11-21)36(34,35)29-17-22(31)15-20(14-18-6-2-1-3-7-18)27(33)30-26-24-9-5-4-8-19(24)16-25(26)32/h1-13,20,22,25-26,29,31-32H,14-17H2,(H,30,33)/t20-,22+,25-,26-/m1/s1. The Labute approximate surface area is 216 Å². The molecule has 0 saturated heterocycles. The van der Waals surface area contributed by atoms with Gasteiger partial charge in [-0.05, 0) is 53.8 Å². The van der Waals surface area contributed by atoms with Gasteiger partial charge in [0.25, 0.3) is 0 Å². The lowest BCUT2D eigenvalue weighted by Crippen LogP contribution is -2.41. The molecule has 3 aromatic rings. The molecule has 0 heterocycles. The van der Waals surface area contributed by atoms with E-state index in [0.717, 1.165) is 16.7 Å². The molecule has 190 valence electrons. The summed E-state index contributed by atoms with van der Waals surface area (Å²) in [5, 5.41) is 24.6. The van der Waals surface area contributed by atoms with Crippen LogP contribution in [0.4, 0.5) is 0 Å². The lowest BCUT2D eigenvalue weighted by atomic mass is 9.92. The largest absolute Gasteiger partial charge is 0.392 e. The van der Waals surface area contributed by atoms with Crippen molar-refractivity contribution in [1.29, 1.82) is 0 Å². The Hall–Kier alpha value is -2.75. The number of aliphatic hydroxyl groups is 2. The van der Waals surface area contributed by atoms with Crippen molar-refractivity contribution in [3.63, 3.8) is 0 Å². The van der Waals surface area contributed by atoms with Gasteiger partial charge in [-0.25, -0.2) is 13.1 Å². The minimum Gasteiger partial charge on any atom is -0.392 e. The van der Waals surface area contributed by atoms with Gasteiger partial charge < -0.3 is 15.5 Å². The Balaban J connectivity index is 1.44. The number of nitrogens with one attached hydrogen (secondary N) is 2. The number of aliphatic hydroxyl groups excluding tert-OH is 2. The third kappa shape index (κ3) is 6.52. The topological polar surface area (TPSA) is 116 Å². The van der Waals surface area contributed by atoms with Gasteiger partial charge in [-0.1, -0.05) is 66.2 Å². The van der Waals surface area contributed by atoms with Crippen LogP contribution in [0, 0.1) is 5.92 Å². The fraction of sp³-hybridized carbons (Fsp3) is 0.296. The quantitative estimate of drug-likeness (QED) is 0.323. The van der Waals surface area contributed by atoms with E-state index >= 15 is 0 Å². The van der Waals surface area contributed by atoms with Gasteiger partial charge >= 0.3 is 0 Å². The number of rotatable bonds is 10. The lowest BCUT2D eigenvalue weighted by molar-refractivity contribution is -0.127. The summed E-state index contributed by atoms with van der Waals surface area (Å²) < 4.78 is 27.5. The van der Waals surface area contributed by atoms with Gasteiger partial charge in [0, 0.05) is 23.9 Å². The van der Waals surface area contributed by atoms with Crippen molar-refractivity contribution < 1.29 is 23.4 Å². The van der Waals surface area contributed by atoms with Gasteiger partial charge in [-0.3, -0.25) is 4.79 Å². The summed E-state index contributed by atoms with van der Waals surface area (Å²) in [4.78, 5) is 13.4. The molecule has 0 unspecified atom stereocenters. The molecule has 0 radical (unpaired) electrons. The van der Waals surface area contributed by atoms with E-state index in [4.69, 9.17) is 11.6 Å². The van der Waals surface area contributed by atoms with Crippen LogP contribution in [0.5, 0.6) is 0 Å². The Morgan fingerprint density at radius 1 is 1.00 bits per heavy atom. The van der Waals surface area contributed by atoms with Gasteiger partial charge in [0.1, 0.15) is 0 Å². The Morgan fingerprint density at radius 2 is 1.67 bits per heavy atom. The van der Waals surface area contributed by atoms with E-state index in [0.29, 0.717) is 17.9 Å². The van der Waals surface area contributed by atoms with E-state index < -0.39 is 34.2 Å². The third-order valence-corrected chi connectivity index (χ3v) is 8.08. The van der Waals surface area contributed by atoms with Crippen molar-refractivity contribution in [2.24, 2.45) is 5.92 Å². The molecule has 0 saturated carbocycles. The summed E-state index contributed by atoms with van der Waals surface area (Å²) in [6.07, 6.45) is -0.987. The predicted molar refractivity (Wildman–Crippen MR) is 138 cm³/mol. The Kier molecular flexibility index (Phi) is 8.43. The molecule has 4 N–H and O–H groups in total. The van der Waals surface area contributed by atoms with Crippen molar-refractivity contribution in [1.82, 2.24) is 10.0 Å². The van der Waals surface area contributed by atoms with E-state index in [9.17, 15) is 23.4 Å². The van der Waals surface area contributed by atoms with Crippen LogP contribution in [-0.2, 0) is 27.7 Å². The van der Waals surface area contributed by atoms with Gasteiger partial charge in [-0.15, -0.1) is 0 Å². The number of fused-ring (bicyclic) bond motifs is 1. The molecule has 0 aliphatic heterocycles. The first-order chi connectivity index (χ1) is 17.2. The van der Waals surface area contributed by atoms with E-state index in [-0.39, 0.29) is 23.8 Å². The van der Waals surface area contributed by atoms with Gasteiger partial charge in [0.05, 0.1) is 23.1 Å². The first kappa shape index (κ1) is 26.3. The van der Waals surface area contributed by atoms with Gasteiger partial charge in [0.2, 0.25) is 15.9 Å². The van der Waals surface area contributed by atoms with Crippen LogP contribution in [0.25, 0.3) is 0 Å². The fourth-order valence-electron chi connectivity index (χ4n) is 4.52. The molecule has 1 amide bonds. The van der Waals surface area contributed by atoms with Gasteiger partial charge in [-0.2, -0.15) is 0 Å². The second-order valence-corrected chi connectivity index (χ2v) is 11.2. The maximum atomic E-state index is 13.4. The average Bonchev–Trinajstić information content (AvgIpc) is 3.18. The van der Waals surface area contributed by atoms with Gasteiger partial charge in [0.15, 0.2) is 0 Å². The maximum absolute atomic E-state index is 13.4. The molecule has 36 heavy (non-hydrogen) atoms. The van der Waals surface area contributed by atoms with E-state index in [1.807, 2.05) is 54.6 Å². The number of carbonyl (C=O) groups excluding carboxylic acids is 1. The van der Waals surface area contributed by atoms with E-state index in [1.54, 1.807) is 0 Å². The van der Waals surface area contributed by atoms with Crippen LogP contribution in [0.1, 0.15) is 29.2 Å². The maximum Gasteiger partial charge on any atom is 0.240 e. The summed E-state index contributed by atoms with van der Waals surface area (Å²) in [6.45, 7) is -0.252. The molecule has 3 aromatic carbocycles. The van der Waals surface area contributed by atoms with Crippen LogP contribution in [0.2, 0.25) is 5.02 Å². The fourth-order valence-corrected chi connectivity index (χ4v) is 5.71. The number of sulfonamides is 1. The average molecular weight is 529 g/mol. The highest BCUT2D eigenvalue weighted by Gasteiger charge is 2.34. The minimum atomic E-state index is -3.85. The summed E-state index contributed by atoms with van der Waals surface area (Å²) in [5.41, 5.74) is 2.79. The van der Waals surface area contributed by atoms with Crippen LogP contribution < -0.4 is 10.0 Å².